The van der Waals surface area contributed by atoms with Crippen LogP contribution in [0.5, 0.6) is 0 Å². The summed E-state index contributed by atoms with van der Waals surface area (Å²) in [4.78, 5) is 46.8. The molecule has 0 aromatic carbocycles. The van der Waals surface area contributed by atoms with Crippen molar-refractivity contribution in [3.05, 3.63) is 36.4 Å². The van der Waals surface area contributed by atoms with Crippen molar-refractivity contribution in [2.75, 3.05) is 6.54 Å². The summed E-state index contributed by atoms with van der Waals surface area (Å²) in [5.41, 5.74) is 4.46. The van der Waals surface area contributed by atoms with E-state index in [0.717, 1.165) is 0 Å². The van der Waals surface area contributed by atoms with Crippen LogP contribution in [-0.4, -0.2) is 70.8 Å². The van der Waals surface area contributed by atoms with Crippen molar-refractivity contribution in [2.24, 2.45) is 5.73 Å². The van der Waals surface area contributed by atoms with Crippen LogP contribution in [0, 0.1) is 0 Å². The van der Waals surface area contributed by atoms with Gasteiger partial charge in [-0.2, -0.15) is 0 Å². The fourth-order valence-corrected chi connectivity index (χ4v) is 3.73. The zero-order valence-corrected chi connectivity index (χ0v) is 23.3. The molecule has 1 atom stereocenters. The lowest BCUT2D eigenvalue weighted by atomic mass is 10.1. The van der Waals surface area contributed by atoms with Gasteiger partial charge in [0.1, 0.15) is 42.0 Å². The molecule has 0 bridgehead atoms. The Morgan fingerprint density at radius 3 is 1.74 bits per heavy atom. The highest BCUT2D eigenvalue weighted by atomic mass is 16.6. The molecule has 2 aromatic heterocycles. The highest BCUT2D eigenvalue weighted by Crippen LogP contribution is 2.14. The molecule has 2 rings (SSSR count). The van der Waals surface area contributed by atoms with Crippen molar-refractivity contribution < 1.29 is 29.0 Å². The summed E-state index contributed by atoms with van der Waals surface area (Å²) < 4.78 is 14.4. The van der Waals surface area contributed by atoms with Crippen molar-refractivity contribution in [1.29, 1.82) is 0 Å². The van der Waals surface area contributed by atoms with Gasteiger partial charge in [-0.3, -0.25) is 19.3 Å². The van der Waals surface area contributed by atoms with E-state index in [9.17, 15) is 14.4 Å². The molecule has 0 aliphatic carbocycles. The Morgan fingerprint density at radius 2 is 1.34 bits per heavy atom. The number of aliphatic carboxylic acids is 1. The summed E-state index contributed by atoms with van der Waals surface area (Å²) >= 11 is 0. The van der Waals surface area contributed by atoms with Crippen LogP contribution in [0.2, 0.25) is 0 Å². The molecule has 0 aliphatic heterocycles. The number of ether oxygens (including phenoxy) is 2. The molecule has 212 valence electrons. The van der Waals surface area contributed by atoms with E-state index in [1.54, 1.807) is 33.9 Å². The number of aromatic nitrogens is 4. The number of esters is 2. The van der Waals surface area contributed by atoms with Crippen LogP contribution < -0.4 is 5.73 Å². The molecule has 1 unspecified atom stereocenters. The average Bonchev–Trinajstić information content (AvgIpc) is 3.37. The quantitative estimate of drug-likeness (QED) is 0.272. The van der Waals surface area contributed by atoms with Crippen LogP contribution in [-0.2, 0) is 50.0 Å². The van der Waals surface area contributed by atoms with Gasteiger partial charge in [0.15, 0.2) is 0 Å². The molecule has 2 aromatic rings. The molecule has 3 N–H and O–H groups in total. The van der Waals surface area contributed by atoms with E-state index >= 15 is 0 Å². The van der Waals surface area contributed by atoms with Crippen LogP contribution in [0.25, 0.3) is 0 Å². The predicted molar refractivity (Wildman–Crippen MR) is 140 cm³/mol. The number of carbonyl (C=O) groups excluding carboxylic acids is 2. The number of unbranched alkanes of at least 4 members (excludes halogenated alkanes) is 1. The van der Waals surface area contributed by atoms with Crippen molar-refractivity contribution in [2.45, 2.75) is 104 Å². The lowest BCUT2D eigenvalue weighted by molar-refractivity contribution is -0.156. The molecule has 38 heavy (non-hydrogen) atoms. The number of hydrogen-bond donors (Lipinski definition) is 2. The Hall–Kier alpha value is -3.25. The molecular weight excluding hydrogens is 492 g/mol. The summed E-state index contributed by atoms with van der Waals surface area (Å²) in [7, 11) is 0. The van der Waals surface area contributed by atoms with Gasteiger partial charge in [-0.05, 0) is 60.9 Å². The number of rotatable bonds is 14. The predicted octanol–water partition coefficient (Wildman–Crippen LogP) is 2.35. The minimum Gasteiger partial charge on any atom is -0.480 e. The van der Waals surface area contributed by atoms with E-state index in [0.29, 0.717) is 50.5 Å². The summed E-state index contributed by atoms with van der Waals surface area (Å²) in [6.07, 6.45) is 8.41. The van der Waals surface area contributed by atoms with Crippen LogP contribution >= 0.6 is 0 Å². The number of nitrogens with zero attached hydrogens (tertiary/aromatic N) is 5. The van der Waals surface area contributed by atoms with Gasteiger partial charge in [-0.1, -0.05) is 6.42 Å². The molecular formula is C26H42N6O6. The van der Waals surface area contributed by atoms with Crippen molar-refractivity contribution in [3.63, 3.8) is 0 Å². The van der Waals surface area contributed by atoms with E-state index < -0.39 is 23.2 Å². The highest BCUT2D eigenvalue weighted by molar-refractivity contribution is 5.73. The largest absolute Gasteiger partial charge is 0.480 e. The maximum atomic E-state index is 12.4. The molecule has 12 nitrogen and oxygen atoms in total. The fraction of sp³-hybridized carbons (Fsp3) is 0.654. The topological polar surface area (TPSA) is 155 Å². The molecule has 0 fully saturated rings. The van der Waals surface area contributed by atoms with Crippen molar-refractivity contribution >= 4 is 17.9 Å². The van der Waals surface area contributed by atoms with Gasteiger partial charge in [0.2, 0.25) is 0 Å². The minimum absolute atomic E-state index is 0.0289. The molecule has 0 radical (unpaired) electrons. The van der Waals surface area contributed by atoms with Gasteiger partial charge < -0.3 is 29.4 Å². The normalized spacial score (nSPS) is 12.9. The lowest BCUT2D eigenvalue weighted by Gasteiger charge is -2.24. The summed E-state index contributed by atoms with van der Waals surface area (Å²) in [6, 6.07) is -0.899. The van der Waals surface area contributed by atoms with E-state index in [1.165, 1.54) is 0 Å². The molecule has 0 aliphatic rings. The van der Waals surface area contributed by atoms with E-state index in [2.05, 4.69) is 14.9 Å². The van der Waals surface area contributed by atoms with Gasteiger partial charge in [-0.15, -0.1) is 0 Å². The third kappa shape index (κ3) is 11.4. The SMILES string of the molecule is CC(C)(C)OC(=O)Cn1ccnc1CN(CCCCC(N)C(=O)O)Cc1nccn1CC(=O)OC(C)(C)C. The highest BCUT2D eigenvalue weighted by Gasteiger charge is 2.21. The second-order valence-electron chi connectivity index (χ2n) is 11.3. The summed E-state index contributed by atoms with van der Waals surface area (Å²) in [5, 5.41) is 9.05. The molecule has 0 saturated heterocycles. The van der Waals surface area contributed by atoms with Crippen LogP contribution in [0.3, 0.4) is 0 Å². The second kappa shape index (κ2) is 13.5. The average molecular weight is 535 g/mol. The van der Waals surface area contributed by atoms with Crippen LogP contribution in [0.4, 0.5) is 0 Å². The zero-order valence-electron chi connectivity index (χ0n) is 23.3. The first-order valence-electron chi connectivity index (χ1n) is 12.8. The number of carbonyl (C=O) groups is 3. The number of hydrogen-bond acceptors (Lipinski definition) is 9. The smallest absolute Gasteiger partial charge is 0.326 e. The Kier molecular flexibility index (Phi) is 11.0. The van der Waals surface area contributed by atoms with Crippen LogP contribution in [0.1, 0.15) is 72.5 Å². The Bertz CT molecular complexity index is 995. The van der Waals surface area contributed by atoms with Gasteiger partial charge >= 0.3 is 17.9 Å². The van der Waals surface area contributed by atoms with Crippen molar-refractivity contribution in [3.8, 4) is 0 Å². The number of nitrogens with two attached hydrogens (primary N) is 1. The first-order chi connectivity index (χ1) is 17.6. The zero-order chi connectivity index (χ0) is 28.5. The number of imidazole rings is 2. The first kappa shape index (κ1) is 31.0. The fourth-order valence-electron chi connectivity index (χ4n) is 3.73. The molecule has 0 spiro atoms. The second-order valence-corrected chi connectivity index (χ2v) is 11.3. The van der Waals surface area contributed by atoms with E-state index in [-0.39, 0.29) is 25.0 Å². The molecule has 0 amide bonds. The van der Waals surface area contributed by atoms with Crippen LogP contribution in [0.15, 0.2) is 24.8 Å². The molecule has 2 heterocycles. The van der Waals surface area contributed by atoms with Gasteiger partial charge in [0.05, 0.1) is 13.1 Å². The lowest BCUT2D eigenvalue weighted by Crippen LogP contribution is -2.31. The Morgan fingerprint density at radius 1 is 0.895 bits per heavy atom. The van der Waals surface area contributed by atoms with Gasteiger partial charge in [0.25, 0.3) is 0 Å². The van der Waals surface area contributed by atoms with E-state index in [4.69, 9.17) is 20.3 Å². The summed E-state index contributed by atoms with van der Waals surface area (Å²) in [5.74, 6) is -0.403. The third-order valence-corrected chi connectivity index (χ3v) is 5.33. The number of carboxylic acid groups (broad SMARTS) is 1. The molecule has 12 heteroatoms. The van der Waals surface area contributed by atoms with Gasteiger partial charge in [-0.25, -0.2) is 9.97 Å². The number of carboxylic acids is 1. The maximum absolute atomic E-state index is 12.4. The Labute approximate surface area is 224 Å². The maximum Gasteiger partial charge on any atom is 0.326 e. The Balaban J connectivity index is 2.13. The standard InChI is InChI=1S/C26H42N6O6/c1-25(2,3)37-22(33)17-31-13-10-28-20(31)15-30(12-8-7-9-19(27)24(35)36)16-21-29-11-14-32(21)18-23(34)38-26(4,5)6/h10-11,13-14,19H,7-9,12,15-18,27H2,1-6H3,(H,35,36). The third-order valence-electron chi connectivity index (χ3n) is 5.33. The minimum atomic E-state index is -1.02. The summed E-state index contributed by atoms with van der Waals surface area (Å²) in [6.45, 7) is 12.4. The van der Waals surface area contributed by atoms with Gasteiger partial charge in [0, 0.05) is 24.8 Å². The van der Waals surface area contributed by atoms with Crippen molar-refractivity contribution in [1.82, 2.24) is 24.0 Å². The first-order valence-corrected chi connectivity index (χ1v) is 12.8. The van der Waals surface area contributed by atoms with E-state index in [1.807, 2.05) is 41.5 Å². The monoisotopic (exact) mass is 534 g/mol. The molecule has 0 saturated carbocycles.